The average Bonchev–Trinajstić information content (AvgIpc) is 3.65. The average molecular weight is 550 g/mol. The number of aromatic nitrogens is 8. The van der Waals surface area contributed by atoms with Crippen molar-refractivity contribution >= 4 is 34.0 Å². The molecule has 2 fully saturated rings. The topological polar surface area (TPSA) is 268 Å². The molecule has 4 aromatic rings. The molecule has 2 aliphatic heterocycles. The SMILES string of the molecule is Nc1nc(OC2[C@@H](O)[C@H](n3cnc4c(N)nc(F)nc43)O[C@@H]2CO)nc2c1ncn2[C@@H]1O[C@H](CO)C(O)[C@H]1O. The zero-order chi connectivity index (χ0) is 27.6. The van der Waals surface area contributed by atoms with E-state index in [9.17, 15) is 29.9 Å². The first-order valence-electron chi connectivity index (χ1n) is 11.6. The summed E-state index contributed by atoms with van der Waals surface area (Å²) >= 11 is 0. The number of nitrogen functional groups attached to an aromatic ring is 2. The molecule has 2 unspecified atom stereocenters. The summed E-state index contributed by atoms with van der Waals surface area (Å²) in [4.78, 5) is 23.6. The molecule has 0 spiro atoms. The lowest BCUT2D eigenvalue weighted by atomic mass is 10.1. The van der Waals surface area contributed by atoms with Crippen molar-refractivity contribution < 1.29 is 44.1 Å². The number of rotatable bonds is 6. The molecule has 0 radical (unpaired) electrons. The molecule has 0 bridgehead atoms. The fraction of sp³-hybridized carbons (Fsp3) is 0.500. The fourth-order valence-electron chi connectivity index (χ4n) is 4.73. The van der Waals surface area contributed by atoms with E-state index in [1.165, 1.54) is 21.8 Å². The minimum Gasteiger partial charge on any atom is -0.454 e. The molecule has 0 saturated carbocycles. The predicted molar refractivity (Wildman–Crippen MR) is 124 cm³/mol. The van der Waals surface area contributed by atoms with Crippen molar-refractivity contribution in [1.82, 2.24) is 39.0 Å². The minimum absolute atomic E-state index is 0.0503. The zero-order valence-corrected chi connectivity index (χ0v) is 19.8. The summed E-state index contributed by atoms with van der Waals surface area (Å²) in [5.41, 5.74) is 12.0. The van der Waals surface area contributed by atoms with E-state index >= 15 is 0 Å². The van der Waals surface area contributed by atoms with Crippen LogP contribution < -0.4 is 16.2 Å². The first-order valence-corrected chi connectivity index (χ1v) is 11.6. The number of nitrogens with two attached hydrogens (primary N) is 2. The van der Waals surface area contributed by atoms with Gasteiger partial charge in [-0.05, 0) is 0 Å². The van der Waals surface area contributed by atoms with E-state index in [4.69, 9.17) is 25.7 Å². The number of nitrogens with zero attached hydrogens (tertiary/aromatic N) is 8. The van der Waals surface area contributed by atoms with Gasteiger partial charge in [-0.1, -0.05) is 0 Å². The smallest absolute Gasteiger partial charge is 0.320 e. The summed E-state index contributed by atoms with van der Waals surface area (Å²) < 4.78 is 33.4. The Morgan fingerprint density at radius 2 is 1.36 bits per heavy atom. The van der Waals surface area contributed by atoms with E-state index in [1.54, 1.807) is 0 Å². The first-order chi connectivity index (χ1) is 18.7. The van der Waals surface area contributed by atoms with Gasteiger partial charge in [0.25, 0.3) is 0 Å². The van der Waals surface area contributed by atoms with Gasteiger partial charge in [-0.2, -0.15) is 24.3 Å². The quantitative estimate of drug-likeness (QED) is 0.115. The van der Waals surface area contributed by atoms with Crippen molar-refractivity contribution in [3.05, 3.63) is 18.7 Å². The van der Waals surface area contributed by atoms with Crippen LogP contribution in [-0.4, -0.2) is 114 Å². The van der Waals surface area contributed by atoms with Gasteiger partial charge < -0.3 is 51.2 Å². The molecule has 9 N–H and O–H groups in total. The van der Waals surface area contributed by atoms with E-state index in [2.05, 4.69) is 29.9 Å². The molecule has 2 saturated heterocycles. The third-order valence-electron chi connectivity index (χ3n) is 6.65. The number of hydrogen-bond acceptors (Lipinski definition) is 16. The van der Waals surface area contributed by atoms with Gasteiger partial charge in [0.2, 0.25) is 0 Å². The molecule has 4 aromatic heterocycles. The number of imidazole rings is 2. The number of fused-ring (bicyclic) bond motifs is 2. The predicted octanol–water partition coefficient (Wildman–Crippen LogP) is -3.42. The summed E-state index contributed by atoms with van der Waals surface area (Å²) in [5, 5.41) is 50.9. The largest absolute Gasteiger partial charge is 0.454 e. The summed E-state index contributed by atoms with van der Waals surface area (Å²) in [7, 11) is 0. The third-order valence-corrected chi connectivity index (χ3v) is 6.65. The van der Waals surface area contributed by atoms with Crippen molar-refractivity contribution in [2.45, 2.75) is 49.1 Å². The molecule has 6 rings (SSSR count). The summed E-state index contributed by atoms with van der Waals surface area (Å²) in [6.07, 6.45) is -8.66. The zero-order valence-electron chi connectivity index (χ0n) is 19.8. The Bertz CT molecular complexity index is 1540. The maximum absolute atomic E-state index is 13.8. The third kappa shape index (κ3) is 3.98. The maximum Gasteiger partial charge on any atom is 0.320 e. The molecule has 19 heteroatoms. The van der Waals surface area contributed by atoms with Crippen molar-refractivity contribution in [3.8, 4) is 6.01 Å². The van der Waals surface area contributed by atoms with Crippen LogP contribution in [0.1, 0.15) is 12.5 Å². The lowest BCUT2D eigenvalue weighted by Crippen LogP contribution is -2.39. The van der Waals surface area contributed by atoms with E-state index in [1.807, 2.05) is 0 Å². The van der Waals surface area contributed by atoms with Crippen LogP contribution >= 0.6 is 0 Å². The number of halogens is 1. The van der Waals surface area contributed by atoms with E-state index in [0.29, 0.717) is 0 Å². The second kappa shape index (κ2) is 9.41. The maximum atomic E-state index is 13.8. The highest BCUT2D eigenvalue weighted by Crippen LogP contribution is 2.36. The van der Waals surface area contributed by atoms with Gasteiger partial charge in [-0.25, -0.2) is 9.97 Å². The highest BCUT2D eigenvalue weighted by atomic mass is 19.1. The Labute approximate surface area is 216 Å². The van der Waals surface area contributed by atoms with Crippen LogP contribution in [0.2, 0.25) is 0 Å². The highest BCUT2D eigenvalue weighted by molar-refractivity contribution is 5.82. The minimum atomic E-state index is -1.47. The van der Waals surface area contributed by atoms with Crippen molar-refractivity contribution in [1.29, 1.82) is 0 Å². The Balaban J connectivity index is 1.32. The molecule has 0 aliphatic carbocycles. The van der Waals surface area contributed by atoms with Crippen molar-refractivity contribution in [2.75, 3.05) is 24.7 Å². The van der Waals surface area contributed by atoms with Gasteiger partial charge in [0.05, 0.1) is 25.9 Å². The van der Waals surface area contributed by atoms with Crippen LogP contribution in [0, 0.1) is 6.08 Å². The van der Waals surface area contributed by atoms with Crippen LogP contribution in [-0.2, 0) is 9.47 Å². The highest BCUT2D eigenvalue weighted by Gasteiger charge is 2.48. The van der Waals surface area contributed by atoms with Gasteiger partial charge in [0, 0.05) is 0 Å². The van der Waals surface area contributed by atoms with Gasteiger partial charge in [0.1, 0.15) is 30.5 Å². The Morgan fingerprint density at radius 1 is 0.795 bits per heavy atom. The summed E-state index contributed by atoms with van der Waals surface area (Å²) in [6, 6.07) is -0.339. The number of aliphatic hydroxyl groups is 5. The Morgan fingerprint density at radius 3 is 1.97 bits per heavy atom. The molecule has 39 heavy (non-hydrogen) atoms. The lowest BCUT2D eigenvalue weighted by Gasteiger charge is -2.20. The number of ether oxygens (including phenoxy) is 3. The van der Waals surface area contributed by atoms with E-state index < -0.39 is 68.4 Å². The number of hydrogen-bond donors (Lipinski definition) is 7. The second-order valence-electron chi connectivity index (χ2n) is 8.97. The molecule has 0 amide bonds. The normalized spacial score (nSPS) is 31.0. The van der Waals surface area contributed by atoms with Gasteiger partial charge >= 0.3 is 12.1 Å². The van der Waals surface area contributed by atoms with Gasteiger partial charge in [-0.15, -0.1) is 0 Å². The molecular weight excluding hydrogens is 527 g/mol. The van der Waals surface area contributed by atoms with Gasteiger partial charge in [0.15, 0.2) is 52.5 Å². The van der Waals surface area contributed by atoms with Crippen LogP contribution in [0.3, 0.4) is 0 Å². The fourth-order valence-corrected chi connectivity index (χ4v) is 4.73. The summed E-state index contributed by atoms with van der Waals surface area (Å²) in [6.45, 7) is -1.12. The molecule has 6 heterocycles. The molecule has 2 aliphatic rings. The molecule has 18 nitrogen and oxygen atoms in total. The Hall–Kier alpha value is -3.85. The monoisotopic (exact) mass is 550 g/mol. The molecule has 8 atom stereocenters. The lowest BCUT2D eigenvalue weighted by molar-refractivity contribution is -0.0513. The van der Waals surface area contributed by atoms with Crippen LogP contribution in [0.4, 0.5) is 16.0 Å². The van der Waals surface area contributed by atoms with E-state index in [-0.39, 0.29) is 40.0 Å². The number of aliphatic hydroxyl groups excluding tert-OH is 5. The van der Waals surface area contributed by atoms with Crippen LogP contribution in [0.15, 0.2) is 12.7 Å². The standard InChI is InChI=1S/C20H23FN10O8/c21-19-26-13(22)7-15(28-19)30(3-24-7)18-11(36)12(6(2-33)38-18)39-20-27-14(23)8-16(29-20)31(4-25-8)17-10(35)9(34)5(1-32)37-17/h3-6,9-12,17-18,32-36H,1-2H2,(H2,22,26,28)(H2,23,27,29)/t5-,6-,9?,10-,11-,12?,17-,18-/m1/s1. The van der Waals surface area contributed by atoms with Crippen LogP contribution in [0.25, 0.3) is 22.3 Å². The van der Waals surface area contributed by atoms with E-state index in [0.717, 1.165) is 0 Å². The van der Waals surface area contributed by atoms with Crippen molar-refractivity contribution in [2.24, 2.45) is 0 Å². The first kappa shape index (κ1) is 25.4. The van der Waals surface area contributed by atoms with Crippen LogP contribution in [0.5, 0.6) is 6.01 Å². The molecular formula is C20H23FN10O8. The number of anilines is 2. The summed E-state index contributed by atoms with van der Waals surface area (Å²) in [5.74, 6) is -0.326. The molecule has 0 aromatic carbocycles. The van der Waals surface area contributed by atoms with Crippen molar-refractivity contribution in [3.63, 3.8) is 0 Å². The molecule has 208 valence electrons. The van der Waals surface area contributed by atoms with Gasteiger partial charge in [-0.3, -0.25) is 9.13 Å². The Kier molecular flexibility index (Phi) is 6.14. The second-order valence-corrected chi connectivity index (χ2v) is 8.97.